The van der Waals surface area contributed by atoms with Crippen molar-refractivity contribution in [1.82, 2.24) is 19.8 Å². The first-order valence-corrected chi connectivity index (χ1v) is 15.0. The molecule has 2 saturated heterocycles. The average Bonchev–Trinajstić information content (AvgIpc) is 3.30. The molecule has 3 aromatic rings. The van der Waals surface area contributed by atoms with Crippen LogP contribution in [0.5, 0.6) is 11.5 Å². The lowest BCUT2D eigenvalue weighted by Gasteiger charge is -2.33. The van der Waals surface area contributed by atoms with E-state index >= 15 is 0 Å². The van der Waals surface area contributed by atoms with Gasteiger partial charge in [0.25, 0.3) is 0 Å². The van der Waals surface area contributed by atoms with Gasteiger partial charge in [0.2, 0.25) is 0 Å². The van der Waals surface area contributed by atoms with Crippen LogP contribution >= 0.6 is 11.6 Å². The normalized spacial score (nSPS) is 19.2. The highest BCUT2D eigenvalue weighted by Crippen LogP contribution is 2.29. The van der Waals surface area contributed by atoms with Crippen LogP contribution in [0.15, 0.2) is 42.5 Å². The number of imidazole rings is 1. The number of hydrogen-bond acceptors (Lipinski definition) is 5. The van der Waals surface area contributed by atoms with Gasteiger partial charge in [0.15, 0.2) is 0 Å². The molecule has 206 valence electrons. The van der Waals surface area contributed by atoms with Crippen molar-refractivity contribution < 1.29 is 9.47 Å². The monoisotopic (exact) mass is 538 g/mol. The third-order valence-corrected chi connectivity index (χ3v) is 8.50. The minimum absolute atomic E-state index is 0.413. The molecule has 5 rings (SSSR count). The summed E-state index contributed by atoms with van der Waals surface area (Å²) in [5.41, 5.74) is 2.07. The SMILES string of the molecule is CC1CCCCN1CCCOc1cccc2c1nc(COc1ccc(Cl)cc1)n2CCCC1CCNCC1. The maximum Gasteiger partial charge on any atom is 0.148 e. The number of ether oxygens (including phenoxy) is 2. The second-order valence-corrected chi connectivity index (χ2v) is 11.4. The predicted molar refractivity (Wildman–Crippen MR) is 155 cm³/mol. The Hall–Kier alpha value is -2.28. The fourth-order valence-corrected chi connectivity index (χ4v) is 6.10. The molecule has 0 amide bonds. The molecule has 0 aliphatic carbocycles. The van der Waals surface area contributed by atoms with Gasteiger partial charge in [0, 0.05) is 24.2 Å². The van der Waals surface area contributed by atoms with E-state index in [4.69, 9.17) is 26.1 Å². The van der Waals surface area contributed by atoms with Crippen LogP contribution in [0, 0.1) is 5.92 Å². The number of hydrogen-bond donors (Lipinski definition) is 1. The summed E-state index contributed by atoms with van der Waals surface area (Å²) in [5.74, 6) is 3.44. The van der Waals surface area contributed by atoms with E-state index in [1.807, 2.05) is 24.3 Å². The molecule has 1 unspecified atom stereocenters. The van der Waals surface area contributed by atoms with E-state index in [2.05, 4.69) is 39.9 Å². The van der Waals surface area contributed by atoms with E-state index in [-0.39, 0.29) is 0 Å². The Bertz CT molecular complexity index is 1140. The molecule has 0 spiro atoms. The molecule has 1 N–H and O–H groups in total. The van der Waals surface area contributed by atoms with Crippen LogP contribution in [0.3, 0.4) is 0 Å². The van der Waals surface area contributed by atoms with Gasteiger partial charge < -0.3 is 24.3 Å². The molecule has 38 heavy (non-hydrogen) atoms. The van der Waals surface area contributed by atoms with Crippen molar-refractivity contribution in [3.63, 3.8) is 0 Å². The Kier molecular flexibility index (Phi) is 9.83. The lowest BCUT2D eigenvalue weighted by atomic mass is 9.93. The average molecular weight is 539 g/mol. The van der Waals surface area contributed by atoms with Gasteiger partial charge in [0.1, 0.15) is 29.4 Å². The van der Waals surface area contributed by atoms with Gasteiger partial charge in [-0.2, -0.15) is 0 Å². The maximum absolute atomic E-state index is 6.32. The Balaban J connectivity index is 1.27. The molecule has 7 heteroatoms. The summed E-state index contributed by atoms with van der Waals surface area (Å²) in [6.45, 7) is 9.03. The summed E-state index contributed by atoms with van der Waals surface area (Å²) >= 11 is 6.06. The van der Waals surface area contributed by atoms with E-state index in [1.54, 1.807) is 0 Å². The van der Waals surface area contributed by atoms with Crippen molar-refractivity contribution in [3.05, 3.63) is 53.3 Å². The van der Waals surface area contributed by atoms with Crippen LogP contribution in [-0.4, -0.2) is 53.3 Å². The van der Waals surface area contributed by atoms with E-state index in [9.17, 15) is 0 Å². The molecule has 1 atom stereocenters. The number of fused-ring (bicyclic) bond motifs is 1. The van der Waals surface area contributed by atoms with Crippen LogP contribution < -0.4 is 14.8 Å². The number of likely N-dealkylation sites (tertiary alicyclic amines) is 1. The van der Waals surface area contributed by atoms with Gasteiger partial charge in [-0.15, -0.1) is 0 Å². The second kappa shape index (κ2) is 13.7. The molecule has 0 saturated carbocycles. The Morgan fingerprint density at radius 1 is 0.974 bits per heavy atom. The number of nitrogens with zero attached hydrogens (tertiary/aromatic N) is 3. The second-order valence-electron chi connectivity index (χ2n) is 11.0. The van der Waals surface area contributed by atoms with E-state index < -0.39 is 0 Å². The van der Waals surface area contributed by atoms with Crippen LogP contribution in [-0.2, 0) is 13.2 Å². The molecule has 3 heterocycles. The summed E-state index contributed by atoms with van der Waals surface area (Å²) in [6.07, 6.45) is 9.99. The van der Waals surface area contributed by atoms with Crippen LogP contribution in [0.2, 0.25) is 5.02 Å². The number of halogens is 1. The van der Waals surface area contributed by atoms with Crippen molar-refractivity contribution in [2.24, 2.45) is 5.92 Å². The summed E-state index contributed by atoms with van der Waals surface area (Å²) in [5, 5.41) is 4.19. The Labute approximate surface area is 232 Å². The number of nitrogens with one attached hydrogen (secondary N) is 1. The first-order chi connectivity index (χ1) is 18.7. The number of piperidine rings is 2. The highest BCUT2D eigenvalue weighted by atomic mass is 35.5. The Morgan fingerprint density at radius 3 is 2.63 bits per heavy atom. The van der Waals surface area contributed by atoms with Gasteiger partial charge in [0.05, 0.1) is 12.1 Å². The minimum atomic E-state index is 0.413. The standard InChI is InChI=1S/C31H43ClN4O2/c1-24-7-2-3-19-35(24)20-6-22-37-29-10-4-9-28-31(29)34-30(23-38-27-13-11-26(32)12-14-27)36(28)21-5-8-25-15-17-33-18-16-25/h4,9-14,24-25,33H,2-3,5-8,15-23H2,1H3. The molecule has 0 radical (unpaired) electrons. The van der Waals surface area contributed by atoms with E-state index in [0.717, 1.165) is 73.3 Å². The first-order valence-electron chi connectivity index (χ1n) is 14.6. The van der Waals surface area contributed by atoms with Crippen LogP contribution in [0.4, 0.5) is 0 Å². The van der Waals surface area contributed by atoms with Gasteiger partial charge >= 0.3 is 0 Å². The van der Waals surface area contributed by atoms with Gasteiger partial charge in [-0.25, -0.2) is 4.98 Å². The molecule has 2 fully saturated rings. The van der Waals surface area contributed by atoms with Crippen molar-refractivity contribution in [1.29, 1.82) is 0 Å². The summed E-state index contributed by atoms with van der Waals surface area (Å²) in [6, 6.07) is 14.5. The van der Waals surface area contributed by atoms with Crippen molar-refractivity contribution in [3.8, 4) is 11.5 Å². The van der Waals surface area contributed by atoms with E-state index in [0.29, 0.717) is 24.3 Å². The molecule has 6 nitrogen and oxygen atoms in total. The van der Waals surface area contributed by atoms with E-state index in [1.165, 1.54) is 45.1 Å². The van der Waals surface area contributed by atoms with Crippen LogP contribution in [0.25, 0.3) is 11.0 Å². The van der Waals surface area contributed by atoms with Gasteiger partial charge in [-0.05, 0) is 114 Å². The van der Waals surface area contributed by atoms with Gasteiger partial charge in [-0.1, -0.05) is 24.1 Å². The first kappa shape index (κ1) is 27.3. The summed E-state index contributed by atoms with van der Waals surface area (Å²) in [4.78, 5) is 7.67. The molecule has 2 aromatic carbocycles. The number of rotatable bonds is 12. The topological polar surface area (TPSA) is 51.6 Å². The van der Waals surface area contributed by atoms with Crippen LogP contribution in [0.1, 0.15) is 64.1 Å². The van der Waals surface area contributed by atoms with Crippen molar-refractivity contribution in [2.75, 3.05) is 32.8 Å². The number of aromatic nitrogens is 2. The minimum Gasteiger partial charge on any atom is -0.491 e. The molecular weight excluding hydrogens is 496 g/mol. The quantitative estimate of drug-likeness (QED) is 0.260. The van der Waals surface area contributed by atoms with Crippen molar-refractivity contribution >= 4 is 22.6 Å². The molecular formula is C31H43ClN4O2. The fourth-order valence-electron chi connectivity index (χ4n) is 5.97. The zero-order chi connectivity index (χ0) is 26.2. The molecule has 2 aliphatic heterocycles. The lowest BCUT2D eigenvalue weighted by molar-refractivity contribution is 0.149. The highest BCUT2D eigenvalue weighted by molar-refractivity contribution is 6.30. The molecule has 0 bridgehead atoms. The van der Waals surface area contributed by atoms with Crippen molar-refractivity contribution in [2.45, 2.75) is 77.5 Å². The zero-order valence-electron chi connectivity index (χ0n) is 22.8. The number of aryl methyl sites for hydroxylation is 1. The zero-order valence-corrected chi connectivity index (χ0v) is 23.6. The Morgan fingerprint density at radius 2 is 1.82 bits per heavy atom. The third-order valence-electron chi connectivity index (χ3n) is 8.24. The lowest BCUT2D eigenvalue weighted by Crippen LogP contribution is -2.38. The molecule has 2 aliphatic rings. The third kappa shape index (κ3) is 7.22. The maximum atomic E-state index is 6.32. The fraction of sp³-hybridized carbons (Fsp3) is 0.581. The number of benzene rings is 2. The predicted octanol–water partition coefficient (Wildman–Crippen LogP) is 6.69. The highest BCUT2D eigenvalue weighted by Gasteiger charge is 2.19. The molecule has 1 aromatic heterocycles. The summed E-state index contributed by atoms with van der Waals surface area (Å²) in [7, 11) is 0. The smallest absolute Gasteiger partial charge is 0.148 e. The largest absolute Gasteiger partial charge is 0.491 e. The number of para-hydroxylation sites is 1. The summed E-state index contributed by atoms with van der Waals surface area (Å²) < 4.78 is 14.8. The van der Waals surface area contributed by atoms with Gasteiger partial charge in [-0.3, -0.25) is 0 Å².